The number of rotatable bonds is 9. The van der Waals surface area contributed by atoms with Crippen LogP contribution >= 0.6 is 0 Å². The summed E-state index contributed by atoms with van der Waals surface area (Å²) in [6.07, 6.45) is -3.54. The molecule has 168 valence electrons. The Labute approximate surface area is 173 Å². The molecule has 0 N–H and O–H groups in total. The van der Waals surface area contributed by atoms with Gasteiger partial charge < -0.3 is 28.4 Å². The molecule has 0 amide bonds. The molecule has 0 bridgehead atoms. The van der Waals surface area contributed by atoms with Crippen LogP contribution in [0.4, 0.5) is 0 Å². The molecule has 0 aromatic rings. The fraction of sp³-hybridized carbons (Fsp3) is 0.632. The normalized spacial score (nSPS) is 23.3. The number of hydrogen-bond donors (Lipinski definition) is 0. The summed E-state index contributed by atoms with van der Waals surface area (Å²) in [5.41, 5.74) is 0. The molecule has 1 fully saturated rings. The predicted molar refractivity (Wildman–Crippen MR) is 97.5 cm³/mol. The van der Waals surface area contributed by atoms with Gasteiger partial charge in [0.05, 0.1) is 13.7 Å². The molecular formula is C19H26O11. The molecule has 0 aliphatic carbocycles. The van der Waals surface area contributed by atoms with Crippen molar-refractivity contribution in [2.75, 3.05) is 13.7 Å². The quantitative estimate of drug-likeness (QED) is 0.288. The Morgan fingerprint density at radius 2 is 1.27 bits per heavy atom. The molecule has 30 heavy (non-hydrogen) atoms. The monoisotopic (exact) mass is 430 g/mol. The van der Waals surface area contributed by atoms with Crippen LogP contribution in [0.3, 0.4) is 0 Å². The summed E-state index contributed by atoms with van der Waals surface area (Å²) in [6, 6.07) is 0. The Morgan fingerprint density at radius 3 is 1.80 bits per heavy atom. The second kappa shape index (κ2) is 12.6. The molecule has 1 rings (SSSR count). The lowest BCUT2D eigenvalue weighted by molar-refractivity contribution is -0.273. The van der Waals surface area contributed by atoms with E-state index in [1.165, 1.54) is 6.92 Å². The van der Waals surface area contributed by atoms with Crippen molar-refractivity contribution >= 4 is 29.8 Å². The van der Waals surface area contributed by atoms with Gasteiger partial charge in [-0.2, -0.15) is 0 Å². The lowest BCUT2D eigenvalue weighted by Gasteiger charge is -2.39. The van der Waals surface area contributed by atoms with Crippen molar-refractivity contribution in [3.05, 3.63) is 12.2 Å². The van der Waals surface area contributed by atoms with Gasteiger partial charge in [0.15, 0.2) is 12.2 Å². The van der Waals surface area contributed by atoms with Gasteiger partial charge >= 0.3 is 29.8 Å². The van der Waals surface area contributed by atoms with Crippen LogP contribution < -0.4 is 0 Å². The number of methoxy groups -OCH3 is 1. The molecule has 0 radical (unpaired) electrons. The van der Waals surface area contributed by atoms with E-state index < -0.39 is 54.4 Å². The minimum atomic E-state index is -1.47. The molecule has 1 aliphatic heterocycles. The molecule has 1 saturated heterocycles. The highest BCUT2D eigenvalue weighted by Crippen LogP contribution is 2.26. The average molecular weight is 430 g/mol. The Hall–Kier alpha value is -2.95. The maximum atomic E-state index is 12.0. The summed E-state index contributed by atoms with van der Waals surface area (Å²) in [4.78, 5) is 58.7. The number of carbonyl (C=O) groups is 5. The minimum absolute atomic E-state index is 0.00651. The number of ether oxygens (including phenoxy) is 6. The van der Waals surface area contributed by atoms with E-state index in [1.807, 2.05) is 0 Å². The molecule has 11 heteroatoms. The van der Waals surface area contributed by atoms with Gasteiger partial charge in [-0.25, -0.2) is 9.59 Å². The lowest BCUT2D eigenvalue weighted by Crippen LogP contribution is -2.58. The van der Waals surface area contributed by atoms with E-state index in [4.69, 9.17) is 23.7 Å². The van der Waals surface area contributed by atoms with Gasteiger partial charge in [0.2, 0.25) is 12.4 Å². The van der Waals surface area contributed by atoms with E-state index in [2.05, 4.69) is 4.74 Å². The van der Waals surface area contributed by atoms with Gasteiger partial charge in [-0.15, -0.1) is 0 Å². The van der Waals surface area contributed by atoms with Crippen LogP contribution in [0, 0.1) is 0 Å². The first kappa shape index (κ1) is 25.1. The Bertz CT molecular complexity index is 669. The molecule has 0 aromatic heterocycles. The predicted octanol–water partition coefficient (Wildman–Crippen LogP) is 0.581. The zero-order valence-corrected chi connectivity index (χ0v) is 17.3. The van der Waals surface area contributed by atoms with E-state index in [-0.39, 0.29) is 25.9 Å². The second-order valence-corrected chi connectivity index (χ2v) is 5.99. The standard InChI is InChI=1S/C19H26O11/c1-5-12(20)27-11-10-26-19(30-16(24)9-8-15(23)25-4)18(29-14(22)7-3)17(11)28-13(21)6-2/h8-9,11,17-19H,5-7,10H2,1-4H3/b9-8+/t11-,17-,18+,19-/m0/s1. The van der Waals surface area contributed by atoms with Crippen molar-refractivity contribution in [1.29, 1.82) is 0 Å². The van der Waals surface area contributed by atoms with Crippen molar-refractivity contribution in [2.24, 2.45) is 0 Å². The third-order valence-corrected chi connectivity index (χ3v) is 3.86. The van der Waals surface area contributed by atoms with Gasteiger partial charge in [0.1, 0.15) is 0 Å². The fourth-order valence-electron chi connectivity index (χ4n) is 2.29. The molecule has 0 aromatic carbocycles. The van der Waals surface area contributed by atoms with E-state index in [9.17, 15) is 24.0 Å². The minimum Gasteiger partial charge on any atom is -0.466 e. The van der Waals surface area contributed by atoms with Crippen LogP contribution in [0.5, 0.6) is 0 Å². The zero-order valence-electron chi connectivity index (χ0n) is 17.3. The largest absolute Gasteiger partial charge is 0.466 e. The molecule has 11 nitrogen and oxygen atoms in total. The highest BCUT2D eigenvalue weighted by molar-refractivity contribution is 5.91. The summed E-state index contributed by atoms with van der Waals surface area (Å²) in [6.45, 7) is 4.38. The summed E-state index contributed by atoms with van der Waals surface area (Å²) < 4.78 is 30.7. The van der Waals surface area contributed by atoms with Crippen molar-refractivity contribution in [3.8, 4) is 0 Å². The van der Waals surface area contributed by atoms with Crippen molar-refractivity contribution < 1.29 is 52.4 Å². The summed E-state index contributed by atoms with van der Waals surface area (Å²) in [5.74, 6) is -3.69. The van der Waals surface area contributed by atoms with Gasteiger partial charge in [0.25, 0.3) is 0 Å². The molecule has 1 aliphatic rings. The van der Waals surface area contributed by atoms with Crippen LogP contribution in [-0.2, 0) is 52.4 Å². The van der Waals surface area contributed by atoms with Crippen LogP contribution in [0.2, 0.25) is 0 Å². The Kier molecular flexibility index (Phi) is 10.5. The Balaban J connectivity index is 3.11. The number of esters is 5. The molecule has 0 saturated carbocycles. The molecular weight excluding hydrogens is 404 g/mol. The summed E-state index contributed by atoms with van der Waals surface area (Å²) >= 11 is 0. The van der Waals surface area contributed by atoms with E-state index in [0.29, 0.717) is 0 Å². The number of hydrogen-bond acceptors (Lipinski definition) is 11. The first-order chi connectivity index (χ1) is 14.2. The first-order valence-electron chi connectivity index (χ1n) is 9.42. The van der Waals surface area contributed by atoms with E-state index in [0.717, 1.165) is 19.3 Å². The molecule has 1 heterocycles. The fourth-order valence-corrected chi connectivity index (χ4v) is 2.29. The third kappa shape index (κ3) is 7.82. The highest BCUT2D eigenvalue weighted by Gasteiger charge is 2.49. The summed E-state index contributed by atoms with van der Waals surface area (Å²) in [7, 11) is 1.13. The molecule has 0 spiro atoms. The topological polar surface area (TPSA) is 141 Å². The number of carbonyl (C=O) groups excluding carboxylic acids is 5. The van der Waals surface area contributed by atoms with E-state index in [1.54, 1.807) is 13.8 Å². The van der Waals surface area contributed by atoms with E-state index >= 15 is 0 Å². The summed E-state index contributed by atoms with van der Waals surface area (Å²) in [5, 5.41) is 0. The molecule has 4 atom stereocenters. The SMILES string of the molecule is CCC(=O)O[C@@H]1[C@@H](OC(=O)CC)[C@H](OC(=O)/C=C/C(=O)OC)OC[C@@H]1OC(=O)CC. The average Bonchev–Trinajstić information content (AvgIpc) is 2.74. The zero-order chi connectivity index (χ0) is 22.7. The first-order valence-corrected chi connectivity index (χ1v) is 9.42. The van der Waals surface area contributed by atoms with Gasteiger partial charge in [-0.1, -0.05) is 20.8 Å². The highest BCUT2D eigenvalue weighted by atomic mass is 16.7. The van der Waals surface area contributed by atoms with Crippen LogP contribution in [0.25, 0.3) is 0 Å². The smallest absolute Gasteiger partial charge is 0.333 e. The van der Waals surface area contributed by atoms with Crippen LogP contribution in [0.15, 0.2) is 12.2 Å². The third-order valence-electron chi connectivity index (χ3n) is 3.86. The van der Waals surface area contributed by atoms with Gasteiger partial charge in [-0.05, 0) is 0 Å². The second-order valence-electron chi connectivity index (χ2n) is 5.99. The Morgan fingerprint density at radius 1 is 0.767 bits per heavy atom. The van der Waals surface area contributed by atoms with Crippen molar-refractivity contribution in [2.45, 2.75) is 64.6 Å². The lowest BCUT2D eigenvalue weighted by atomic mass is 10.0. The van der Waals surface area contributed by atoms with Gasteiger partial charge in [-0.3, -0.25) is 14.4 Å². The van der Waals surface area contributed by atoms with Gasteiger partial charge in [0, 0.05) is 31.4 Å². The van der Waals surface area contributed by atoms with Crippen molar-refractivity contribution in [3.63, 3.8) is 0 Å². The molecule has 0 unspecified atom stereocenters. The van der Waals surface area contributed by atoms with Crippen molar-refractivity contribution in [1.82, 2.24) is 0 Å². The maximum absolute atomic E-state index is 12.0. The maximum Gasteiger partial charge on any atom is 0.333 e. The van der Waals surface area contributed by atoms with Crippen LogP contribution in [0.1, 0.15) is 40.0 Å². The van der Waals surface area contributed by atoms with Crippen LogP contribution in [-0.4, -0.2) is 68.2 Å².